The first-order valence-electron chi connectivity index (χ1n) is 12.2. The summed E-state index contributed by atoms with van der Waals surface area (Å²) in [6.07, 6.45) is -3.14. The van der Waals surface area contributed by atoms with Gasteiger partial charge in [0.05, 0.1) is 22.7 Å². The van der Waals surface area contributed by atoms with Crippen LogP contribution >= 0.6 is 0 Å². The zero-order valence-corrected chi connectivity index (χ0v) is 20.8. The lowest BCUT2D eigenvalue weighted by Crippen LogP contribution is -2.20. The molecule has 1 aromatic heterocycles. The Morgan fingerprint density at radius 2 is 1.73 bits per heavy atom. The molecular weight excluding hydrogens is 523 g/mol. The van der Waals surface area contributed by atoms with Crippen molar-refractivity contribution in [2.45, 2.75) is 12.8 Å². The summed E-state index contributed by atoms with van der Waals surface area (Å²) in [5, 5.41) is 4.66. The number of alkyl halides is 3. The zero-order chi connectivity index (χ0) is 27.7. The van der Waals surface area contributed by atoms with Gasteiger partial charge >= 0.3 is 6.18 Å². The molecule has 1 aliphatic rings. The van der Waals surface area contributed by atoms with Crippen LogP contribution in [0.2, 0.25) is 0 Å². The monoisotopic (exact) mass is 543 g/mol. The highest BCUT2D eigenvalue weighted by atomic mass is 19.4. The highest BCUT2D eigenvalue weighted by molar-refractivity contribution is 5.84. The van der Waals surface area contributed by atoms with E-state index in [9.17, 15) is 18.0 Å². The van der Waals surface area contributed by atoms with Gasteiger partial charge in [0.15, 0.2) is 17.3 Å². The van der Waals surface area contributed by atoms with Crippen molar-refractivity contribution in [2.24, 2.45) is 5.10 Å². The molecule has 0 spiro atoms. The van der Waals surface area contributed by atoms with Gasteiger partial charge in [0.2, 0.25) is 6.79 Å². The normalized spacial score (nSPS) is 12.8. The molecule has 1 aliphatic heterocycles. The molecule has 0 atom stereocenters. The molecule has 0 aliphatic carbocycles. The van der Waals surface area contributed by atoms with Crippen LogP contribution in [0.25, 0.3) is 22.3 Å². The Labute approximate surface area is 225 Å². The summed E-state index contributed by atoms with van der Waals surface area (Å²) in [4.78, 5) is 17.9. The van der Waals surface area contributed by atoms with Crippen molar-refractivity contribution in [3.05, 3.63) is 118 Å². The fraction of sp³-hybridized carbons (Fsp3) is 0.100. The van der Waals surface area contributed by atoms with Crippen LogP contribution in [0.15, 0.2) is 101 Å². The third-order valence-electron chi connectivity index (χ3n) is 6.26. The van der Waals surface area contributed by atoms with Crippen molar-refractivity contribution >= 4 is 17.1 Å². The minimum Gasteiger partial charge on any atom is -0.488 e. The van der Waals surface area contributed by atoms with Crippen LogP contribution in [0.3, 0.4) is 0 Å². The molecule has 0 radical (unpaired) electrons. The van der Waals surface area contributed by atoms with Crippen molar-refractivity contribution in [3.8, 4) is 28.6 Å². The number of rotatable bonds is 6. The first-order valence-corrected chi connectivity index (χ1v) is 12.2. The topological polar surface area (TPSA) is 74.9 Å². The highest BCUT2D eigenvalue weighted by Gasteiger charge is 2.31. The molecular formula is C30H20F3N3O4. The molecule has 200 valence electrons. The van der Waals surface area contributed by atoms with E-state index in [4.69, 9.17) is 14.2 Å². The van der Waals surface area contributed by atoms with Crippen LogP contribution in [-0.4, -0.2) is 22.7 Å². The Kier molecular flexibility index (Phi) is 6.43. The number of ether oxygens (including phenoxy) is 3. The summed E-state index contributed by atoms with van der Waals surface area (Å²) in [6.45, 7) is 0.402. The fourth-order valence-corrected chi connectivity index (χ4v) is 4.28. The van der Waals surface area contributed by atoms with Crippen LogP contribution in [0, 0.1) is 0 Å². The van der Waals surface area contributed by atoms with Gasteiger partial charge in [-0.3, -0.25) is 4.79 Å². The fourth-order valence-electron chi connectivity index (χ4n) is 4.28. The number of fused-ring (bicyclic) bond motifs is 2. The van der Waals surface area contributed by atoms with Gasteiger partial charge in [-0.2, -0.15) is 22.9 Å². The van der Waals surface area contributed by atoms with E-state index in [1.54, 1.807) is 48.5 Å². The van der Waals surface area contributed by atoms with Crippen molar-refractivity contribution in [1.29, 1.82) is 0 Å². The number of hydrogen-bond acceptors (Lipinski definition) is 6. The summed E-state index contributed by atoms with van der Waals surface area (Å²) in [5.74, 6) is 1.78. The van der Waals surface area contributed by atoms with E-state index in [2.05, 4.69) is 10.1 Å². The van der Waals surface area contributed by atoms with Gasteiger partial charge in [0.1, 0.15) is 12.4 Å². The Morgan fingerprint density at radius 3 is 2.60 bits per heavy atom. The molecule has 2 heterocycles. The molecule has 5 aromatic rings. The van der Waals surface area contributed by atoms with E-state index >= 15 is 0 Å². The predicted octanol–water partition coefficient (Wildman–Crippen LogP) is 6.27. The molecule has 10 heteroatoms. The number of benzene rings is 4. The third-order valence-corrected chi connectivity index (χ3v) is 6.26. The van der Waals surface area contributed by atoms with Gasteiger partial charge in [0, 0.05) is 11.1 Å². The minimum absolute atomic E-state index is 0.0233. The Hall–Kier alpha value is -5.12. The molecule has 40 heavy (non-hydrogen) atoms. The van der Waals surface area contributed by atoms with Crippen LogP contribution in [-0.2, 0) is 12.8 Å². The molecule has 4 aromatic carbocycles. The second-order valence-electron chi connectivity index (χ2n) is 8.91. The maximum absolute atomic E-state index is 13.4. The average molecular weight is 544 g/mol. The Balaban J connectivity index is 1.37. The standard InChI is InChI=1S/C30H20F3N3O4/c31-30(32,33)22-8-5-7-20(15-22)28-35-24-10-3-2-9-23(24)29(37)36(28)34-16-21-6-1-4-11-25(21)38-17-19-12-13-26-27(14-19)40-18-39-26/h1-16H,17-18H2. The summed E-state index contributed by atoms with van der Waals surface area (Å²) in [6, 6.07) is 23.8. The second kappa shape index (κ2) is 10.2. The van der Waals surface area contributed by atoms with Gasteiger partial charge in [0.25, 0.3) is 5.56 Å². The van der Waals surface area contributed by atoms with Crippen LogP contribution in [0.1, 0.15) is 16.7 Å². The summed E-state index contributed by atoms with van der Waals surface area (Å²) >= 11 is 0. The lowest BCUT2D eigenvalue weighted by Gasteiger charge is -2.12. The van der Waals surface area contributed by atoms with Crippen LogP contribution < -0.4 is 19.8 Å². The largest absolute Gasteiger partial charge is 0.488 e. The highest BCUT2D eigenvalue weighted by Crippen LogP contribution is 2.33. The Bertz CT molecular complexity index is 1820. The molecule has 6 rings (SSSR count). The SMILES string of the molecule is O=c1c2ccccc2nc(-c2cccc(C(F)(F)F)c2)n1N=Cc1ccccc1OCc1ccc2c(c1)OCO2. The molecule has 0 saturated carbocycles. The van der Waals surface area contributed by atoms with Gasteiger partial charge < -0.3 is 14.2 Å². The van der Waals surface area contributed by atoms with Crippen molar-refractivity contribution in [1.82, 2.24) is 9.66 Å². The van der Waals surface area contributed by atoms with Crippen LogP contribution in [0.4, 0.5) is 13.2 Å². The second-order valence-corrected chi connectivity index (χ2v) is 8.91. The molecule has 0 unspecified atom stereocenters. The smallest absolute Gasteiger partial charge is 0.416 e. The molecule has 0 fully saturated rings. The van der Waals surface area contributed by atoms with E-state index in [0.29, 0.717) is 28.3 Å². The van der Waals surface area contributed by atoms with E-state index in [1.807, 2.05) is 18.2 Å². The zero-order valence-electron chi connectivity index (χ0n) is 20.8. The lowest BCUT2D eigenvalue weighted by atomic mass is 10.1. The minimum atomic E-state index is -4.56. The molecule has 0 amide bonds. The maximum Gasteiger partial charge on any atom is 0.416 e. The predicted molar refractivity (Wildman–Crippen MR) is 143 cm³/mol. The molecule has 0 saturated heterocycles. The first-order chi connectivity index (χ1) is 19.4. The molecule has 7 nitrogen and oxygen atoms in total. The van der Waals surface area contributed by atoms with Crippen molar-refractivity contribution < 1.29 is 27.4 Å². The van der Waals surface area contributed by atoms with Gasteiger partial charge in [-0.15, -0.1) is 0 Å². The Morgan fingerprint density at radius 1 is 0.925 bits per heavy atom. The third kappa shape index (κ3) is 4.98. The average Bonchev–Trinajstić information content (AvgIpc) is 3.44. The van der Waals surface area contributed by atoms with E-state index < -0.39 is 17.3 Å². The van der Waals surface area contributed by atoms with Crippen LogP contribution in [0.5, 0.6) is 17.2 Å². The molecule has 0 N–H and O–H groups in total. The van der Waals surface area contributed by atoms with Gasteiger partial charge in [-0.25, -0.2) is 4.98 Å². The van der Waals surface area contributed by atoms with Gasteiger partial charge in [-0.1, -0.05) is 42.5 Å². The summed E-state index contributed by atoms with van der Waals surface area (Å²) < 4.78 is 58.1. The van der Waals surface area contributed by atoms with Crippen molar-refractivity contribution in [3.63, 3.8) is 0 Å². The summed E-state index contributed by atoms with van der Waals surface area (Å²) in [7, 11) is 0. The quantitative estimate of drug-likeness (QED) is 0.236. The number of halogens is 3. The number of hydrogen-bond donors (Lipinski definition) is 0. The van der Waals surface area contributed by atoms with Crippen molar-refractivity contribution in [2.75, 3.05) is 6.79 Å². The van der Waals surface area contributed by atoms with Gasteiger partial charge in [-0.05, 0) is 54.1 Å². The molecule has 0 bridgehead atoms. The first kappa shape index (κ1) is 25.2. The number of para-hydroxylation sites is 2. The number of aromatic nitrogens is 2. The lowest BCUT2D eigenvalue weighted by molar-refractivity contribution is -0.137. The van der Waals surface area contributed by atoms with E-state index in [1.165, 1.54) is 18.3 Å². The van der Waals surface area contributed by atoms with E-state index in [0.717, 1.165) is 22.4 Å². The maximum atomic E-state index is 13.4. The van der Waals surface area contributed by atoms with E-state index in [-0.39, 0.29) is 30.2 Å². The summed E-state index contributed by atoms with van der Waals surface area (Å²) in [5.41, 5.74) is 0.482. The number of nitrogens with zero attached hydrogens (tertiary/aromatic N) is 3.